The van der Waals surface area contributed by atoms with Gasteiger partial charge < -0.3 is 10.4 Å². The first kappa shape index (κ1) is 15.0. The summed E-state index contributed by atoms with van der Waals surface area (Å²) in [6.45, 7) is 0. The van der Waals surface area contributed by atoms with Gasteiger partial charge in [0.15, 0.2) is 17.4 Å². The number of rotatable bonds is 1. The van der Waals surface area contributed by atoms with E-state index in [-0.39, 0.29) is 5.69 Å². The molecular formula is C15H8F4N2O2. The summed E-state index contributed by atoms with van der Waals surface area (Å²) in [7, 11) is 0. The Hall–Kier alpha value is -2.90. The van der Waals surface area contributed by atoms with Gasteiger partial charge in [-0.15, -0.1) is 0 Å². The molecular weight excluding hydrogens is 316 g/mol. The van der Waals surface area contributed by atoms with Crippen molar-refractivity contribution < 1.29 is 27.5 Å². The minimum atomic E-state index is -2.14. The summed E-state index contributed by atoms with van der Waals surface area (Å²) in [6, 6.07) is 6.21. The summed E-state index contributed by atoms with van der Waals surface area (Å²) in [5, 5.41) is 12.1. The molecule has 0 saturated carbocycles. The second kappa shape index (κ2) is 5.38. The normalized spacial score (nSPS) is 13.9. The first-order chi connectivity index (χ1) is 10.9. The molecule has 1 aliphatic rings. The average molecular weight is 324 g/mol. The van der Waals surface area contributed by atoms with Crippen LogP contribution in [0.1, 0.15) is 12.0 Å². The SMILES string of the molecule is O=C1CC(c2c(O)c(F)c(F)c(F)c2F)=Nc2ccccc2N1. The predicted molar refractivity (Wildman–Crippen MR) is 73.8 cm³/mol. The molecule has 0 aliphatic carbocycles. The fourth-order valence-electron chi connectivity index (χ4n) is 2.24. The van der Waals surface area contributed by atoms with Crippen molar-refractivity contribution in [2.75, 3.05) is 5.32 Å². The van der Waals surface area contributed by atoms with E-state index in [0.717, 1.165) is 0 Å². The predicted octanol–water partition coefficient (Wildman–Crippen LogP) is 3.41. The summed E-state index contributed by atoms with van der Waals surface area (Å²) in [5.41, 5.74) is -0.874. The van der Waals surface area contributed by atoms with E-state index >= 15 is 0 Å². The number of phenolic OH excluding ortho intramolecular Hbond substituents is 1. The van der Waals surface area contributed by atoms with E-state index in [1.54, 1.807) is 12.1 Å². The molecule has 3 rings (SSSR count). The standard InChI is InChI=1S/C15H8F4N2O2/c16-11-10(15(23)14(19)13(18)12(11)17)8-5-9(22)21-7-4-2-1-3-6(7)20-8/h1-4,23H,5H2,(H,21,22). The molecule has 0 unspecified atom stereocenters. The summed E-state index contributed by atoms with van der Waals surface area (Å²) in [4.78, 5) is 15.8. The van der Waals surface area contributed by atoms with Crippen molar-refractivity contribution in [3.8, 4) is 5.75 Å². The average Bonchev–Trinajstić information content (AvgIpc) is 2.69. The van der Waals surface area contributed by atoms with Crippen molar-refractivity contribution in [1.29, 1.82) is 0 Å². The maximum absolute atomic E-state index is 14.0. The first-order valence-electron chi connectivity index (χ1n) is 6.42. The Morgan fingerprint density at radius 2 is 1.65 bits per heavy atom. The highest BCUT2D eigenvalue weighted by atomic mass is 19.2. The number of hydrogen-bond acceptors (Lipinski definition) is 3. The van der Waals surface area contributed by atoms with Gasteiger partial charge in [-0.2, -0.15) is 4.39 Å². The van der Waals surface area contributed by atoms with Gasteiger partial charge in [0, 0.05) is 0 Å². The highest BCUT2D eigenvalue weighted by Crippen LogP contribution is 2.34. The molecule has 0 radical (unpaired) electrons. The molecule has 8 heteroatoms. The zero-order valence-electron chi connectivity index (χ0n) is 11.3. The number of anilines is 1. The van der Waals surface area contributed by atoms with Crippen molar-refractivity contribution in [1.82, 2.24) is 0 Å². The molecule has 2 aromatic carbocycles. The second-order valence-electron chi connectivity index (χ2n) is 4.78. The Bertz CT molecular complexity index is 836. The number of fused-ring (bicyclic) bond motifs is 1. The number of nitrogens with zero attached hydrogens (tertiary/aromatic N) is 1. The first-order valence-corrected chi connectivity index (χ1v) is 6.42. The lowest BCUT2D eigenvalue weighted by Gasteiger charge is -2.10. The van der Waals surface area contributed by atoms with Gasteiger partial charge in [-0.3, -0.25) is 4.79 Å². The molecule has 0 saturated heterocycles. The number of benzene rings is 2. The number of aliphatic imine (C=N–C) groups is 1. The number of hydrogen-bond donors (Lipinski definition) is 2. The van der Waals surface area contributed by atoms with Crippen LogP contribution in [-0.2, 0) is 4.79 Å². The Labute approximate surface area is 127 Å². The van der Waals surface area contributed by atoms with Gasteiger partial charge in [0.1, 0.15) is 0 Å². The molecule has 0 bridgehead atoms. The van der Waals surface area contributed by atoms with Gasteiger partial charge in [0.05, 0.1) is 29.1 Å². The minimum Gasteiger partial charge on any atom is -0.504 e. The van der Waals surface area contributed by atoms with Crippen LogP contribution in [-0.4, -0.2) is 16.7 Å². The Morgan fingerprint density at radius 1 is 1.00 bits per heavy atom. The zero-order chi connectivity index (χ0) is 16.7. The number of halogens is 4. The van der Waals surface area contributed by atoms with Crippen molar-refractivity contribution in [2.45, 2.75) is 6.42 Å². The van der Waals surface area contributed by atoms with Crippen LogP contribution in [0.5, 0.6) is 5.75 Å². The molecule has 1 aliphatic heterocycles. The van der Waals surface area contributed by atoms with Gasteiger partial charge in [0.25, 0.3) is 0 Å². The van der Waals surface area contributed by atoms with Crippen LogP contribution in [0.25, 0.3) is 0 Å². The molecule has 0 fully saturated rings. The number of para-hydroxylation sites is 2. The zero-order valence-corrected chi connectivity index (χ0v) is 11.3. The fourth-order valence-corrected chi connectivity index (χ4v) is 2.24. The number of aromatic hydroxyl groups is 1. The Kier molecular flexibility index (Phi) is 3.51. The third kappa shape index (κ3) is 2.41. The maximum atomic E-state index is 14.0. The number of carbonyl (C=O) groups is 1. The maximum Gasteiger partial charge on any atom is 0.230 e. The smallest absolute Gasteiger partial charge is 0.230 e. The molecule has 0 spiro atoms. The monoisotopic (exact) mass is 324 g/mol. The molecule has 0 atom stereocenters. The van der Waals surface area contributed by atoms with Gasteiger partial charge in [-0.25, -0.2) is 18.2 Å². The lowest BCUT2D eigenvalue weighted by atomic mass is 10.0. The van der Waals surface area contributed by atoms with Crippen LogP contribution < -0.4 is 5.32 Å². The van der Waals surface area contributed by atoms with E-state index in [9.17, 15) is 27.5 Å². The van der Waals surface area contributed by atoms with Crippen LogP contribution in [0.3, 0.4) is 0 Å². The molecule has 1 heterocycles. The second-order valence-corrected chi connectivity index (χ2v) is 4.78. The molecule has 2 N–H and O–H groups in total. The van der Waals surface area contributed by atoms with Gasteiger partial charge in [-0.1, -0.05) is 12.1 Å². The van der Waals surface area contributed by atoms with Crippen LogP contribution in [0.4, 0.5) is 28.9 Å². The van der Waals surface area contributed by atoms with E-state index in [0.29, 0.717) is 5.69 Å². The highest BCUT2D eigenvalue weighted by molar-refractivity contribution is 6.17. The molecule has 23 heavy (non-hydrogen) atoms. The highest BCUT2D eigenvalue weighted by Gasteiger charge is 2.30. The van der Waals surface area contributed by atoms with Crippen LogP contribution in [0.2, 0.25) is 0 Å². The van der Waals surface area contributed by atoms with E-state index in [2.05, 4.69) is 10.3 Å². The Balaban J connectivity index is 2.27. The topological polar surface area (TPSA) is 61.7 Å². The summed E-state index contributed by atoms with van der Waals surface area (Å²) < 4.78 is 54.0. The molecule has 0 aromatic heterocycles. The molecule has 4 nitrogen and oxygen atoms in total. The van der Waals surface area contributed by atoms with Crippen molar-refractivity contribution >= 4 is 23.0 Å². The van der Waals surface area contributed by atoms with Crippen molar-refractivity contribution in [3.05, 3.63) is 53.1 Å². The molecule has 2 aromatic rings. The largest absolute Gasteiger partial charge is 0.504 e. The summed E-state index contributed by atoms with van der Waals surface area (Å²) >= 11 is 0. The number of phenols is 1. The van der Waals surface area contributed by atoms with Gasteiger partial charge >= 0.3 is 0 Å². The van der Waals surface area contributed by atoms with Crippen LogP contribution in [0, 0.1) is 23.3 Å². The third-order valence-electron chi connectivity index (χ3n) is 3.29. The number of amides is 1. The lowest BCUT2D eigenvalue weighted by molar-refractivity contribution is -0.115. The number of carbonyl (C=O) groups excluding carboxylic acids is 1. The third-order valence-corrected chi connectivity index (χ3v) is 3.29. The Morgan fingerprint density at radius 3 is 2.39 bits per heavy atom. The van der Waals surface area contributed by atoms with E-state index < -0.39 is 52.6 Å². The van der Waals surface area contributed by atoms with E-state index in [1.807, 2.05) is 0 Å². The van der Waals surface area contributed by atoms with Gasteiger partial charge in [0.2, 0.25) is 17.5 Å². The quantitative estimate of drug-likeness (QED) is 0.480. The van der Waals surface area contributed by atoms with Crippen LogP contribution in [0.15, 0.2) is 29.3 Å². The fraction of sp³-hybridized carbons (Fsp3) is 0.0667. The van der Waals surface area contributed by atoms with Crippen molar-refractivity contribution in [2.24, 2.45) is 4.99 Å². The van der Waals surface area contributed by atoms with Gasteiger partial charge in [-0.05, 0) is 12.1 Å². The van der Waals surface area contributed by atoms with Crippen LogP contribution >= 0.6 is 0 Å². The minimum absolute atomic E-state index is 0.206. The van der Waals surface area contributed by atoms with E-state index in [1.165, 1.54) is 12.1 Å². The lowest BCUT2D eigenvalue weighted by Crippen LogP contribution is -2.17. The molecule has 1 amide bonds. The number of nitrogens with one attached hydrogen (secondary N) is 1. The van der Waals surface area contributed by atoms with E-state index in [4.69, 9.17) is 0 Å². The summed E-state index contributed by atoms with van der Waals surface area (Å²) in [6.07, 6.45) is -0.552. The summed E-state index contributed by atoms with van der Waals surface area (Å²) in [5.74, 6) is -10.0. The molecule has 118 valence electrons. The van der Waals surface area contributed by atoms with Crippen molar-refractivity contribution in [3.63, 3.8) is 0 Å².